The lowest BCUT2D eigenvalue weighted by atomic mass is 10.1. The van der Waals surface area contributed by atoms with Gasteiger partial charge in [0.25, 0.3) is 0 Å². The number of hydrogen-bond donors (Lipinski definition) is 1. The molecule has 0 spiro atoms. The molecule has 56 valence electrons. The number of Topliss-reactive ketones (excluding diaryl/α,β-unsaturated/α-hetero) is 2. The molecule has 0 aromatic heterocycles. The predicted octanol–water partition coefficient (Wildman–Crippen LogP) is -0.0582. The third-order valence-corrected chi connectivity index (χ3v) is 1.85. The highest BCUT2D eigenvalue weighted by Crippen LogP contribution is 2.20. The van der Waals surface area contributed by atoms with E-state index < -0.39 is 0 Å². The van der Waals surface area contributed by atoms with Crippen molar-refractivity contribution >= 4 is 11.6 Å². The summed E-state index contributed by atoms with van der Waals surface area (Å²) < 4.78 is 0. The van der Waals surface area contributed by atoms with Crippen molar-refractivity contribution in [2.75, 3.05) is 6.54 Å². The number of carbonyl (C=O) groups is 2. The zero-order chi connectivity index (χ0) is 7.84. The van der Waals surface area contributed by atoms with Gasteiger partial charge in [0.2, 0.25) is 0 Å². The molecule has 0 fully saturated rings. The highest BCUT2D eigenvalue weighted by atomic mass is 16.2. The first-order valence-corrected chi connectivity index (χ1v) is 3.50. The summed E-state index contributed by atoms with van der Waals surface area (Å²) in [4.78, 5) is 22.1. The monoisotopic (exact) mass is 149 g/mol. The molecule has 0 radical (unpaired) electrons. The standard InChI is InChI=1S/C8H7NO2/c10-6-4-7(11)8-5(6)2-1-3-9-8/h1-2,9H,3-4H2. The first-order valence-electron chi connectivity index (χ1n) is 3.50. The van der Waals surface area contributed by atoms with Crippen LogP contribution in [-0.4, -0.2) is 18.1 Å². The molecule has 11 heavy (non-hydrogen) atoms. The van der Waals surface area contributed by atoms with Crippen molar-refractivity contribution in [2.24, 2.45) is 0 Å². The summed E-state index contributed by atoms with van der Waals surface area (Å²) in [5.74, 6) is -0.136. The van der Waals surface area contributed by atoms with Gasteiger partial charge < -0.3 is 5.32 Å². The van der Waals surface area contributed by atoms with Crippen LogP contribution >= 0.6 is 0 Å². The van der Waals surface area contributed by atoms with Crippen molar-refractivity contribution in [3.8, 4) is 0 Å². The molecule has 0 saturated heterocycles. The lowest BCUT2D eigenvalue weighted by molar-refractivity contribution is -0.121. The Morgan fingerprint density at radius 2 is 2.09 bits per heavy atom. The zero-order valence-electron chi connectivity index (χ0n) is 5.89. The number of allylic oxidation sites excluding steroid dienone is 3. The Bertz CT molecular complexity index is 299. The third kappa shape index (κ3) is 0.808. The van der Waals surface area contributed by atoms with Gasteiger partial charge in [0.15, 0.2) is 11.6 Å². The van der Waals surface area contributed by atoms with Crippen LogP contribution in [0.15, 0.2) is 23.4 Å². The van der Waals surface area contributed by atoms with Crippen LogP contribution in [-0.2, 0) is 9.59 Å². The van der Waals surface area contributed by atoms with E-state index in [-0.39, 0.29) is 18.0 Å². The van der Waals surface area contributed by atoms with Gasteiger partial charge in [-0.05, 0) is 0 Å². The van der Waals surface area contributed by atoms with E-state index in [0.29, 0.717) is 17.8 Å². The van der Waals surface area contributed by atoms with Crippen LogP contribution in [0.25, 0.3) is 0 Å². The molecule has 0 bridgehead atoms. The normalized spacial score (nSPS) is 22.2. The van der Waals surface area contributed by atoms with E-state index in [4.69, 9.17) is 0 Å². The zero-order valence-corrected chi connectivity index (χ0v) is 5.89. The van der Waals surface area contributed by atoms with E-state index in [0.717, 1.165) is 0 Å². The molecule has 0 aromatic carbocycles. The fraction of sp³-hybridized carbons (Fsp3) is 0.250. The maximum absolute atomic E-state index is 11.0. The number of dihydropyridines is 1. The second kappa shape index (κ2) is 2.05. The maximum Gasteiger partial charge on any atom is 0.187 e. The summed E-state index contributed by atoms with van der Waals surface area (Å²) in [7, 11) is 0. The molecular formula is C8H7NO2. The fourth-order valence-corrected chi connectivity index (χ4v) is 1.33. The Balaban J connectivity index is 2.49. The number of rotatable bonds is 0. The van der Waals surface area contributed by atoms with E-state index >= 15 is 0 Å². The summed E-state index contributed by atoms with van der Waals surface area (Å²) in [6.45, 7) is 0.651. The Morgan fingerprint density at radius 3 is 2.82 bits per heavy atom. The maximum atomic E-state index is 11.0. The summed E-state index contributed by atoms with van der Waals surface area (Å²) in [6, 6.07) is 0. The van der Waals surface area contributed by atoms with Gasteiger partial charge in [-0.15, -0.1) is 0 Å². The summed E-state index contributed by atoms with van der Waals surface area (Å²) >= 11 is 0. The number of carbonyl (C=O) groups excluding carboxylic acids is 2. The summed E-state index contributed by atoms with van der Waals surface area (Å²) in [5, 5.41) is 2.88. The van der Waals surface area contributed by atoms with Gasteiger partial charge in [-0.1, -0.05) is 12.2 Å². The Labute approximate surface area is 63.8 Å². The van der Waals surface area contributed by atoms with Crippen LogP contribution in [0, 0.1) is 0 Å². The lowest BCUT2D eigenvalue weighted by Crippen LogP contribution is -2.20. The van der Waals surface area contributed by atoms with Gasteiger partial charge in [-0.25, -0.2) is 0 Å². The molecule has 1 aliphatic heterocycles. The van der Waals surface area contributed by atoms with E-state index in [1.54, 1.807) is 6.08 Å². The second-order valence-electron chi connectivity index (χ2n) is 2.60. The topological polar surface area (TPSA) is 46.2 Å². The Morgan fingerprint density at radius 1 is 1.27 bits per heavy atom. The predicted molar refractivity (Wildman–Crippen MR) is 38.8 cm³/mol. The molecule has 2 rings (SSSR count). The summed E-state index contributed by atoms with van der Waals surface area (Å²) in [6.07, 6.45) is 3.61. The van der Waals surface area contributed by atoms with Crippen LogP contribution in [0.4, 0.5) is 0 Å². The van der Waals surface area contributed by atoms with E-state index in [1.165, 1.54) is 0 Å². The van der Waals surface area contributed by atoms with Crippen LogP contribution in [0.2, 0.25) is 0 Å². The molecule has 3 nitrogen and oxygen atoms in total. The van der Waals surface area contributed by atoms with E-state index in [2.05, 4.69) is 5.32 Å². The average Bonchev–Trinajstić information content (AvgIpc) is 2.30. The minimum atomic E-state index is -0.0747. The number of nitrogens with one attached hydrogen (secondary N) is 1. The highest BCUT2D eigenvalue weighted by Gasteiger charge is 2.29. The summed E-state index contributed by atoms with van der Waals surface area (Å²) in [5.41, 5.74) is 1.07. The van der Waals surface area contributed by atoms with Crippen LogP contribution in [0.1, 0.15) is 6.42 Å². The van der Waals surface area contributed by atoms with Gasteiger partial charge in [-0.2, -0.15) is 0 Å². The van der Waals surface area contributed by atoms with Crippen molar-refractivity contribution in [1.82, 2.24) is 5.32 Å². The number of ketones is 2. The average molecular weight is 149 g/mol. The van der Waals surface area contributed by atoms with Crippen molar-refractivity contribution in [1.29, 1.82) is 0 Å². The molecular weight excluding hydrogens is 142 g/mol. The second-order valence-corrected chi connectivity index (χ2v) is 2.60. The largest absolute Gasteiger partial charge is 0.378 e. The molecule has 2 aliphatic rings. The molecule has 1 N–H and O–H groups in total. The van der Waals surface area contributed by atoms with Crippen molar-refractivity contribution in [2.45, 2.75) is 6.42 Å². The molecule has 3 heteroatoms. The minimum absolute atomic E-state index is 0.0437. The van der Waals surface area contributed by atoms with Crippen LogP contribution in [0.3, 0.4) is 0 Å². The minimum Gasteiger partial charge on any atom is -0.378 e. The molecule has 0 amide bonds. The molecule has 0 atom stereocenters. The van der Waals surface area contributed by atoms with Crippen LogP contribution in [0.5, 0.6) is 0 Å². The van der Waals surface area contributed by atoms with Gasteiger partial charge in [0, 0.05) is 12.1 Å². The van der Waals surface area contributed by atoms with Crippen molar-refractivity contribution in [3.63, 3.8) is 0 Å². The Kier molecular flexibility index (Phi) is 1.18. The van der Waals surface area contributed by atoms with Crippen molar-refractivity contribution < 1.29 is 9.59 Å². The Hall–Kier alpha value is -1.38. The van der Waals surface area contributed by atoms with Gasteiger partial charge in [0.1, 0.15) is 0 Å². The van der Waals surface area contributed by atoms with Crippen LogP contribution < -0.4 is 5.32 Å². The highest BCUT2D eigenvalue weighted by molar-refractivity contribution is 6.23. The first kappa shape index (κ1) is 6.34. The fourth-order valence-electron chi connectivity index (χ4n) is 1.33. The van der Waals surface area contributed by atoms with E-state index in [9.17, 15) is 9.59 Å². The van der Waals surface area contributed by atoms with E-state index in [1.807, 2.05) is 6.08 Å². The quantitative estimate of drug-likeness (QED) is 0.491. The number of hydrogen-bond acceptors (Lipinski definition) is 3. The molecule has 1 heterocycles. The molecule has 0 aromatic rings. The SMILES string of the molecule is O=C1CC(=O)C2=C1C=CCN2. The van der Waals surface area contributed by atoms with Gasteiger partial charge >= 0.3 is 0 Å². The molecule has 1 aliphatic carbocycles. The molecule has 0 saturated carbocycles. The van der Waals surface area contributed by atoms with Gasteiger partial charge in [-0.3, -0.25) is 9.59 Å². The third-order valence-electron chi connectivity index (χ3n) is 1.85. The smallest absolute Gasteiger partial charge is 0.187 e. The van der Waals surface area contributed by atoms with Crippen molar-refractivity contribution in [3.05, 3.63) is 23.4 Å². The molecule has 0 unspecified atom stereocenters. The lowest BCUT2D eigenvalue weighted by Gasteiger charge is -2.07. The first-order chi connectivity index (χ1) is 5.29. The van der Waals surface area contributed by atoms with Gasteiger partial charge in [0.05, 0.1) is 12.1 Å².